The predicted octanol–water partition coefficient (Wildman–Crippen LogP) is 3.79. The standard InChI is InChI=1S/C26H23F3N4O2/c27-26(28,29)21(17-11-5-2-6-12-17)22-18-13-7-8-14-20(18)31-25(35)23(32-22)33-24(34)19(30)15-16-9-3-1-4-10-16/h1-14,19,21,23H,15,30H2,(H,31,35)(H,33,34). The largest absolute Gasteiger partial charge is 0.401 e. The maximum atomic E-state index is 14.4. The molecule has 180 valence electrons. The van der Waals surface area contributed by atoms with E-state index < -0.39 is 36.1 Å². The molecular formula is C26H23F3N4O2. The summed E-state index contributed by atoms with van der Waals surface area (Å²) < 4.78 is 43.1. The number of nitrogens with two attached hydrogens (primary N) is 1. The van der Waals surface area contributed by atoms with E-state index in [0.717, 1.165) is 5.56 Å². The van der Waals surface area contributed by atoms with Crippen LogP contribution in [-0.2, 0) is 16.0 Å². The number of hydrogen-bond donors (Lipinski definition) is 3. The summed E-state index contributed by atoms with van der Waals surface area (Å²) in [6, 6.07) is 21.4. The topological polar surface area (TPSA) is 96.6 Å². The molecule has 9 heteroatoms. The molecule has 35 heavy (non-hydrogen) atoms. The fourth-order valence-corrected chi connectivity index (χ4v) is 3.96. The molecule has 4 rings (SSSR count). The molecule has 0 spiro atoms. The molecule has 3 atom stereocenters. The molecule has 0 saturated carbocycles. The highest BCUT2D eigenvalue weighted by atomic mass is 19.4. The van der Waals surface area contributed by atoms with Crippen LogP contribution in [0.2, 0.25) is 0 Å². The molecule has 2 amide bonds. The van der Waals surface area contributed by atoms with E-state index in [1.165, 1.54) is 36.4 Å². The maximum Gasteiger partial charge on any atom is 0.401 e. The molecule has 0 saturated heterocycles. The average Bonchev–Trinajstić information content (AvgIpc) is 2.96. The van der Waals surface area contributed by atoms with Crippen LogP contribution in [-0.4, -0.2) is 35.9 Å². The zero-order chi connectivity index (χ0) is 25.0. The van der Waals surface area contributed by atoms with Crippen LogP contribution in [0.5, 0.6) is 0 Å². The van der Waals surface area contributed by atoms with Crippen molar-refractivity contribution in [2.75, 3.05) is 5.32 Å². The van der Waals surface area contributed by atoms with Crippen LogP contribution in [0.25, 0.3) is 0 Å². The number of halogens is 3. The molecule has 3 aromatic carbocycles. The number of aliphatic imine (C=N–C) groups is 1. The van der Waals surface area contributed by atoms with Gasteiger partial charge in [-0.2, -0.15) is 13.2 Å². The molecule has 1 heterocycles. The number of alkyl halides is 3. The highest BCUT2D eigenvalue weighted by molar-refractivity contribution is 6.15. The number of carbonyl (C=O) groups excluding carboxylic acids is 2. The molecule has 6 nitrogen and oxygen atoms in total. The van der Waals surface area contributed by atoms with Crippen LogP contribution in [0.15, 0.2) is 89.9 Å². The molecule has 0 fully saturated rings. The summed E-state index contributed by atoms with van der Waals surface area (Å²) >= 11 is 0. The van der Waals surface area contributed by atoms with Crippen molar-refractivity contribution in [2.24, 2.45) is 10.7 Å². The van der Waals surface area contributed by atoms with Crippen LogP contribution in [0, 0.1) is 0 Å². The van der Waals surface area contributed by atoms with Gasteiger partial charge in [0, 0.05) is 11.3 Å². The zero-order valence-corrected chi connectivity index (χ0v) is 18.5. The predicted molar refractivity (Wildman–Crippen MR) is 127 cm³/mol. The maximum absolute atomic E-state index is 14.4. The Morgan fingerprint density at radius 2 is 1.57 bits per heavy atom. The number of nitrogens with zero attached hydrogens (tertiary/aromatic N) is 1. The Morgan fingerprint density at radius 3 is 2.23 bits per heavy atom. The lowest BCUT2D eigenvalue weighted by Gasteiger charge is -2.24. The Kier molecular flexibility index (Phi) is 6.97. The molecule has 1 aliphatic rings. The van der Waals surface area contributed by atoms with Crippen molar-refractivity contribution in [3.05, 3.63) is 102 Å². The highest BCUT2D eigenvalue weighted by Crippen LogP contribution is 2.40. The van der Waals surface area contributed by atoms with Crippen molar-refractivity contribution in [3.8, 4) is 0 Å². The number of carbonyl (C=O) groups is 2. The summed E-state index contributed by atoms with van der Waals surface area (Å²) in [5.74, 6) is -3.58. The van der Waals surface area contributed by atoms with Gasteiger partial charge in [-0.15, -0.1) is 0 Å². The fourth-order valence-electron chi connectivity index (χ4n) is 3.96. The summed E-state index contributed by atoms with van der Waals surface area (Å²) in [6.07, 6.45) is -6.12. The number of para-hydroxylation sites is 1. The first kappa shape index (κ1) is 24.2. The van der Waals surface area contributed by atoms with Crippen molar-refractivity contribution in [1.82, 2.24) is 5.32 Å². The van der Waals surface area contributed by atoms with Gasteiger partial charge < -0.3 is 16.4 Å². The van der Waals surface area contributed by atoms with Gasteiger partial charge in [-0.05, 0) is 23.6 Å². The third kappa shape index (κ3) is 5.58. The lowest BCUT2D eigenvalue weighted by molar-refractivity contribution is -0.135. The number of anilines is 1. The van der Waals surface area contributed by atoms with Crippen LogP contribution >= 0.6 is 0 Å². The van der Waals surface area contributed by atoms with Crippen molar-refractivity contribution in [3.63, 3.8) is 0 Å². The molecule has 0 aliphatic carbocycles. The summed E-state index contributed by atoms with van der Waals surface area (Å²) in [5, 5.41) is 5.00. The van der Waals surface area contributed by atoms with Crippen molar-refractivity contribution in [1.29, 1.82) is 0 Å². The number of benzodiazepines with no additional fused rings is 1. The van der Waals surface area contributed by atoms with E-state index in [0.29, 0.717) is 0 Å². The summed E-state index contributed by atoms with van der Waals surface area (Å²) in [7, 11) is 0. The number of fused-ring (bicyclic) bond motifs is 1. The van der Waals surface area contributed by atoms with E-state index >= 15 is 0 Å². The van der Waals surface area contributed by atoms with Gasteiger partial charge in [0.05, 0.1) is 11.8 Å². The molecule has 4 N–H and O–H groups in total. The molecule has 3 aromatic rings. The second-order valence-corrected chi connectivity index (χ2v) is 8.14. The first-order chi connectivity index (χ1) is 16.7. The minimum Gasteiger partial charge on any atom is -0.325 e. The Morgan fingerprint density at radius 1 is 0.971 bits per heavy atom. The minimum absolute atomic E-state index is 0.0336. The molecule has 0 radical (unpaired) electrons. The number of rotatable bonds is 6. The Balaban J connectivity index is 1.71. The Bertz CT molecular complexity index is 1230. The SMILES string of the molecule is NC(Cc1ccccc1)C(=O)NC1N=C(C(c2ccccc2)C(F)(F)F)c2ccccc2NC1=O. The molecular weight excluding hydrogens is 457 g/mol. The van der Waals surface area contributed by atoms with E-state index in [-0.39, 0.29) is 28.9 Å². The van der Waals surface area contributed by atoms with Crippen LogP contribution in [0.4, 0.5) is 18.9 Å². The summed E-state index contributed by atoms with van der Waals surface area (Å²) in [5.41, 5.74) is 6.71. The monoisotopic (exact) mass is 480 g/mol. The zero-order valence-electron chi connectivity index (χ0n) is 18.5. The number of nitrogens with one attached hydrogen (secondary N) is 2. The summed E-state index contributed by atoms with van der Waals surface area (Å²) in [6.45, 7) is 0. The van der Waals surface area contributed by atoms with Crippen LogP contribution < -0.4 is 16.4 Å². The number of hydrogen-bond acceptors (Lipinski definition) is 4. The van der Waals surface area contributed by atoms with E-state index in [9.17, 15) is 22.8 Å². The van der Waals surface area contributed by atoms with E-state index in [2.05, 4.69) is 15.6 Å². The van der Waals surface area contributed by atoms with Gasteiger partial charge in [-0.3, -0.25) is 14.6 Å². The summed E-state index contributed by atoms with van der Waals surface area (Å²) in [4.78, 5) is 29.8. The smallest absolute Gasteiger partial charge is 0.325 e. The second-order valence-electron chi connectivity index (χ2n) is 8.14. The third-order valence-corrected chi connectivity index (χ3v) is 5.63. The lowest BCUT2D eigenvalue weighted by atomic mass is 9.88. The van der Waals surface area contributed by atoms with Gasteiger partial charge in [-0.1, -0.05) is 78.9 Å². The Hall–Kier alpha value is -3.98. The van der Waals surface area contributed by atoms with E-state index in [1.54, 1.807) is 42.5 Å². The quantitative estimate of drug-likeness (QED) is 0.501. The molecule has 0 aromatic heterocycles. The highest BCUT2D eigenvalue weighted by Gasteiger charge is 2.46. The van der Waals surface area contributed by atoms with Gasteiger partial charge in [0.2, 0.25) is 12.1 Å². The fraction of sp³-hybridized carbons (Fsp3) is 0.192. The van der Waals surface area contributed by atoms with Gasteiger partial charge in [0.25, 0.3) is 5.91 Å². The van der Waals surface area contributed by atoms with Crippen molar-refractivity contribution in [2.45, 2.75) is 30.7 Å². The normalized spacial score (nSPS) is 17.3. The second kappa shape index (κ2) is 10.1. The Labute approximate surface area is 200 Å². The minimum atomic E-state index is -4.71. The van der Waals surface area contributed by atoms with Crippen LogP contribution in [0.3, 0.4) is 0 Å². The van der Waals surface area contributed by atoms with Gasteiger partial charge in [-0.25, -0.2) is 0 Å². The molecule has 3 unspecified atom stereocenters. The number of benzene rings is 3. The third-order valence-electron chi connectivity index (χ3n) is 5.63. The van der Waals surface area contributed by atoms with Crippen LogP contribution in [0.1, 0.15) is 22.6 Å². The number of amides is 2. The molecule has 1 aliphatic heterocycles. The lowest BCUT2D eigenvalue weighted by Crippen LogP contribution is -2.50. The van der Waals surface area contributed by atoms with Gasteiger partial charge in [0.15, 0.2) is 0 Å². The van der Waals surface area contributed by atoms with Gasteiger partial charge >= 0.3 is 6.18 Å². The average molecular weight is 480 g/mol. The van der Waals surface area contributed by atoms with Crippen molar-refractivity contribution < 1.29 is 22.8 Å². The van der Waals surface area contributed by atoms with E-state index in [1.807, 2.05) is 6.07 Å². The first-order valence-corrected chi connectivity index (χ1v) is 10.9. The van der Waals surface area contributed by atoms with Gasteiger partial charge in [0.1, 0.15) is 5.92 Å². The van der Waals surface area contributed by atoms with Crippen molar-refractivity contribution >= 4 is 23.2 Å². The first-order valence-electron chi connectivity index (χ1n) is 10.9. The molecule has 0 bridgehead atoms. The van der Waals surface area contributed by atoms with E-state index in [4.69, 9.17) is 5.73 Å².